The van der Waals surface area contributed by atoms with Crippen LogP contribution >= 0.6 is 0 Å². The molecule has 4 aliphatic carbocycles. The highest BCUT2D eigenvalue weighted by atomic mass is 19.1. The Morgan fingerprint density at radius 1 is 1.09 bits per heavy atom. The number of carbonyl (C=O) groups excluding carboxylic acids is 1. The highest BCUT2D eigenvalue weighted by Gasteiger charge is 2.48. The second kappa shape index (κ2) is 5.25. The Morgan fingerprint density at radius 2 is 1.73 bits per heavy atom. The number of carbonyl (C=O) groups is 1. The van der Waals surface area contributed by atoms with E-state index in [0.29, 0.717) is 11.8 Å². The topological polar surface area (TPSA) is 41.1 Å². The van der Waals surface area contributed by atoms with E-state index in [2.05, 4.69) is 10.6 Å². The van der Waals surface area contributed by atoms with E-state index < -0.39 is 0 Å². The summed E-state index contributed by atoms with van der Waals surface area (Å²) in [5.41, 5.74) is 1.20. The fourth-order valence-corrected chi connectivity index (χ4v) is 5.21. The molecule has 0 unspecified atom stereocenters. The van der Waals surface area contributed by atoms with Crippen molar-refractivity contribution in [1.29, 1.82) is 0 Å². The second-order valence-electron chi connectivity index (χ2n) is 7.54. The first kappa shape index (κ1) is 14.0. The molecule has 0 atom stereocenters. The zero-order valence-electron chi connectivity index (χ0n) is 12.9. The number of halogens is 1. The van der Waals surface area contributed by atoms with Crippen molar-refractivity contribution >= 4 is 11.7 Å². The van der Waals surface area contributed by atoms with Crippen molar-refractivity contribution in [3.05, 3.63) is 29.6 Å². The normalized spacial score (nSPS) is 35.5. The van der Waals surface area contributed by atoms with Gasteiger partial charge in [-0.25, -0.2) is 9.18 Å². The summed E-state index contributed by atoms with van der Waals surface area (Å²) < 4.78 is 13.8. The lowest BCUT2D eigenvalue weighted by molar-refractivity contribution is -0.00883. The van der Waals surface area contributed by atoms with Crippen molar-refractivity contribution in [3.8, 4) is 0 Å². The van der Waals surface area contributed by atoms with Crippen LogP contribution in [0.5, 0.6) is 0 Å². The molecule has 5 rings (SSSR count). The largest absolute Gasteiger partial charge is 0.335 e. The highest BCUT2D eigenvalue weighted by Crippen LogP contribution is 2.53. The van der Waals surface area contributed by atoms with Crippen LogP contribution in [0.15, 0.2) is 18.2 Å². The Kier molecular flexibility index (Phi) is 3.35. The summed E-state index contributed by atoms with van der Waals surface area (Å²) in [6, 6.07) is 4.79. The summed E-state index contributed by atoms with van der Waals surface area (Å²) in [5.74, 6) is 2.65. The van der Waals surface area contributed by atoms with E-state index in [1.54, 1.807) is 12.1 Å². The van der Waals surface area contributed by atoms with Gasteiger partial charge >= 0.3 is 6.03 Å². The quantitative estimate of drug-likeness (QED) is 0.849. The molecule has 22 heavy (non-hydrogen) atoms. The zero-order valence-corrected chi connectivity index (χ0v) is 12.9. The highest BCUT2D eigenvalue weighted by molar-refractivity contribution is 5.89. The van der Waals surface area contributed by atoms with Crippen LogP contribution in [0.3, 0.4) is 0 Å². The SMILES string of the molecule is Cc1ccc(F)c(NC(=O)NC2C3CC4CC(C3)CC2C4)c1. The second-order valence-corrected chi connectivity index (χ2v) is 7.54. The third-order valence-corrected chi connectivity index (χ3v) is 5.89. The monoisotopic (exact) mass is 302 g/mol. The number of amides is 2. The van der Waals surface area contributed by atoms with E-state index in [-0.39, 0.29) is 23.6 Å². The Morgan fingerprint density at radius 3 is 2.36 bits per heavy atom. The smallest absolute Gasteiger partial charge is 0.319 e. The molecule has 0 aromatic heterocycles. The molecule has 0 radical (unpaired) electrons. The molecule has 118 valence electrons. The minimum absolute atomic E-state index is 0.262. The van der Waals surface area contributed by atoms with Crippen LogP contribution in [-0.4, -0.2) is 12.1 Å². The van der Waals surface area contributed by atoms with Gasteiger partial charge in [0.25, 0.3) is 0 Å². The van der Waals surface area contributed by atoms with Crippen LogP contribution in [0.1, 0.15) is 37.7 Å². The molecule has 4 fully saturated rings. The average molecular weight is 302 g/mol. The average Bonchev–Trinajstić information content (AvgIpc) is 2.46. The number of rotatable bonds is 2. The van der Waals surface area contributed by atoms with Gasteiger partial charge in [-0.2, -0.15) is 0 Å². The number of benzene rings is 1. The Balaban J connectivity index is 1.43. The number of urea groups is 1. The van der Waals surface area contributed by atoms with Gasteiger partial charge in [0, 0.05) is 6.04 Å². The predicted molar refractivity (Wildman–Crippen MR) is 84.1 cm³/mol. The van der Waals surface area contributed by atoms with E-state index in [9.17, 15) is 9.18 Å². The first-order valence-electron chi connectivity index (χ1n) is 8.42. The van der Waals surface area contributed by atoms with E-state index in [4.69, 9.17) is 0 Å². The zero-order chi connectivity index (χ0) is 15.3. The van der Waals surface area contributed by atoms with Crippen molar-refractivity contribution in [2.45, 2.75) is 45.1 Å². The van der Waals surface area contributed by atoms with Crippen molar-refractivity contribution in [2.24, 2.45) is 23.7 Å². The van der Waals surface area contributed by atoms with Gasteiger partial charge in [0.15, 0.2) is 0 Å². The molecule has 1 aromatic rings. The van der Waals surface area contributed by atoms with Crippen molar-refractivity contribution in [2.75, 3.05) is 5.32 Å². The minimum atomic E-state index is -0.383. The third kappa shape index (κ3) is 2.49. The molecule has 4 aliphatic rings. The lowest BCUT2D eigenvalue weighted by atomic mass is 9.54. The molecule has 4 saturated carbocycles. The van der Waals surface area contributed by atoms with E-state index in [1.807, 2.05) is 6.92 Å². The van der Waals surface area contributed by atoms with Gasteiger partial charge in [0.2, 0.25) is 0 Å². The van der Waals surface area contributed by atoms with Crippen molar-refractivity contribution in [1.82, 2.24) is 5.32 Å². The maximum absolute atomic E-state index is 13.8. The summed E-state index contributed by atoms with van der Waals surface area (Å²) in [4.78, 5) is 12.3. The lowest BCUT2D eigenvalue weighted by Crippen LogP contribution is -2.56. The number of nitrogens with one attached hydrogen (secondary N) is 2. The van der Waals surface area contributed by atoms with Gasteiger partial charge in [-0.05, 0) is 80.4 Å². The molecule has 2 amide bonds. The van der Waals surface area contributed by atoms with Crippen LogP contribution in [0, 0.1) is 36.4 Å². The summed E-state index contributed by atoms with van der Waals surface area (Å²) in [6.45, 7) is 1.89. The van der Waals surface area contributed by atoms with Crippen LogP contribution in [-0.2, 0) is 0 Å². The van der Waals surface area contributed by atoms with E-state index >= 15 is 0 Å². The van der Waals surface area contributed by atoms with Crippen LogP contribution < -0.4 is 10.6 Å². The molecule has 4 bridgehead atoms. The summed E-state index contributed by atoms with van der Waals surface area (Å²) in [5, 5.41) is 5.83. The maximum atomic E-state index is 13.8. The Bertz CT molecular complexity index is 573. The molecule has 0 aliphatic heterocycles. The fraction of sp³-hybridized carbons (Fsp3) is 0.611. The van der Waals surface area contributed by atoms with Gasteiger partial charge in [0.05, 0.1) is 5.69 Å². The first-order chi connectivity index (χ1) is 10.6. The summed E-state index contributed by atoms with van der Waals surface area (Å²) in [6.07, 6.45) is 6.45. The van der Waals surface area contributed by atoms with Crippen LogP contribution in [0.4, 0.5) is 14.9 Å². The molecular weight excluding hydrogens is 279 g/mol. The summed E-state index contributed by atoms with van der Waals surface area (Å²) >= 11 is 0. The number of aryl methyl sites for hydroxylation is 1. The molecule has 1 aromatic carbocycles. The third-order valence-electron chi connectivity index (χ3n) is 5.89. The number of hydrogen-bond acceptors (Lipinski definition) is 1. The molecule has 4 heteroatoms. The van der Waals surface area contributed by atoms with Crippen molar-refractivity contribution < 1.29 is 9.18 Å². The van der Waals surface area contributed by atoms with Gasteiger partial charge in [-0.15, -0.1) is 0 Å². The van der Waals surface area contributed by atoms with Gasteiger partial charge in [0.1, 0.15) is 5.82 Å². The summed E-state index contributed by atoms with van der Waals surface area (Å²) in [7, 11) is 0. The number of anilines is 1. The Labute approximate surface area is 130 Å². The maximum Gasteiger partial charge on any atom is 0.319 e. The molecule has 0 heterocycles. The standard InChI is InChI=1S/C18H23FN2O/c1-10-2-3-15(19)16(4-10)20-18(22)21-17-13-6-11-5-12(8-13)9-14(17)7-11/h2-4,11-14,17H,5-9H2,1H3,(H2,20,21,22). The van der Waals surface area contributed by atoms with Gasteiger partial charge in [-0.3, -0.25) is 0 Å². The van der Waals surface area contributed by atoms with E-state index in [1.165, 1.54) is 38.2 Å². The van der Waals surface area contributed by atoms with Gasteiger partial charge in [-0.1, -0.05) is 6.07 Å². The Hall–Kier alpha value is -1.58. The predicted octanol–water partition coefficient (Wildman–Crippen LogP) is 4.08. The van der Waals surface area contributed by atoms with Crippen LogP contribution in [0.25, 0.3) is 0 Å². The van der Waals surface area contributed by atoms with E-state index in [0.717, 1.165) is 17.4 Å². The first-order valence-corrected chi connectivity index (χ1v) is 8.42. The molecule has 3 nitrogen and oxygen atoms in total. The molecular formula is C18H23FN2O. The lowest BCUT2D eigenvalue weighted by Gasteiger charge is -2.54. The molecule has 0 spiro atoms. The molecule has 2 N–H and O–H groups in total. The minimum Gasteiger partial charge on any atom is -0.335 e. The van der Waals surface area contributed by atoms with Crippen molar-refractivity contribution in [3.63, 3.8) is 0 Å². The fourth-order valence-electron chi connectivity index (χ4n) is 5.21. The number of hydrogen-bond donors (Lipinski definition) is 2. The molecule has 0 saturated heterocycles. The van der Waals surface area contributed by atoms with Crippen LogP contribution in [0.2, 0.25) is 0 Å². The van der Waals surface area contributed by atoms with Gasteiger partial charge < -0.3 is 10.6 Å².